The molecule has 0 aliphatic heterocycles. The van der Waals surface area contributed by atoms with Crippen molar-refractivity contribution in [2.24, 2.45) is 0 Å². The second-order valence-corrected chi connectivity index (χ2v) is 4.14. The minimum Gasteiger partial charge on any atom is -0.489 e. The topological polar surface area (TPSA) is 52.1 Å². The molecule has 18 heavy (non-hydrogen) atoms. The maximum atomic E-state index is 12.2. The van der Waals surface area contributed by atoms with Crippen molar-refractivity contribution in [3.63, 3.8) is 0 Å². The fourth-order valence-electron chi connectivity index (χ4n) is 1.55. The number of carbonyl (C=O) groups is 1. The van der Waals surface area contributed by atoms with Gasteiger partial charge in [-0.3, -0.25) is 14.8 Å². The quantitative estimate of drug-likeness (QED) is 0.773. The SMILES string of the molecule is CC(C)Oc1cncc(C(=O)c2ccncc2)c1. The molecule has 0 aliphatic rings. The molecular weight excluding hydrogens is 228 g/mol. The van der Waals surface area contributed by atoms with E-state index in [1.807, 2.05) is 13.8 Å². The second-order valence-electron chi connectivity index (χ2n) is 4.14. The summed E-state index contributed by atoms with van der Waals surface area (Å²) >= 11 is 0. The average molecular weight is 242 g/mol. The van der Waals surface area contributed by atoms with Crippen molar-refractivity contribution in [2.45, 2.75) is 20.0 Å². The number of hydrogen-bond acceptors (Lipinski definition) is 4. The van der Waals surface area contributed by atoms with Crippen molar-refractivity contribution >= 4 is 5.78 Å². The van der Waals surface area contributed by atoms with Crippen LogP contribution in [0.1, 0.15) is 29.8 Å². The van der Waals surface area contributed by atoms with Gasteiger partial charge in [0.05, 0.1) is 12.3 Å². The van der Waals surface area contributed by atoms with Gasteiger partial charge in [0.1, 0.15) is 5.75 Å². The van der Waals surface area contributed by atoms with Crippen LogP contribution in [0, 0.1) is 0 Å². The highest BCUT2D eigenvalue weighted by Crippen LogP contribution is 2.15. The summed E-state index contributed by atoms with van der Waals surface area (Å²) in [6.07, 6.45) is 6.38. The highest BCUT2D eigenvalue weighted by molar-refractivity contribution is 6.08. The van der Waals surface area contributed by atoms with E-state index in [9.17, 15) is 4.79 Å². The summed E-state index contributed by atoms with van der Waals surface area (Å²) in [6, 6.07) is 5.06. The molecule has 0 radical (unpaired) electrons. The summed E-state index contributed by atoms with van der Waals surface area (Å²) in [5.74, 6) is 0.518. The third kappa shape index (κ3) is 2.91. The third-order valence-electron chi connectivity index (χ3n) is 2.29. The fraction of sp³-hybridized carbons (Fsp3) is 0.214. The van der Waals surface area contributed by atoms with Crippen LogP contribution in [0.25, 0.3) is 0 Å². The Morgan fingerprint density at radius 3 is 2.50 bits per heavy atom. The number of aromatic nitrogens is 2. The van der Waals surface area contributed by atoms with E-state index in [1.54, 1.807) is 36.8 Å². The van der Waals surface area contributed by atoms with Gasteiger partial charge in [-0.15, -0.1) is 0 Å². The molecule has 2 rings (SSSR count). The number of carbonyl (C=O) groups excluding carboxylic acids is 1. The summed E-state index contributed by atoms with van der Waals surface area (Å²) in [5.41, 5.74) is 1.10. The third-order valence-corrected chi connectivity index (χ3v) is 2.29. The van der Waals surface area contributed by atoms with E-state index < -0.39 is 0 Å². The minimum atomic E-state index is -0.0842. The van der Waals surface area contributed by atoms with E-state index in [-0.39, 0.29) is 11.9 Å². The summed E-state index contributed by atoms with van der Waals surface area (Å²) < 4.78 is 5.51. The Balaban J connectivity index is 2.26. The van der Waals surface area contributed by atoms with Gasteiger partial charge in [0, 0.05) is 29.7 Å². The minimum absolute atomic E-state index is 0.0538. The molecule has 0 saturated carbocycles. The monoisotopic (exact) mass is 242 g/mol. The number of nitrogens with zero attached hydrogens (tertiary/aromatic N) is 2. The molecule has 0 aromatic carbocycles. The van der Waals surface area contributed by atoms with Gasteiger partial charge in [-0.2, -0.15) is 0 Å². The van der Waals surface area contributed by atoms with Crippen LogP contribution in [0.5, 0.6) is 5.75 Å². The lowest BCUT2D eigenvalue weighted by atomic mass is 10.1. The van der Waals surface area contributed by atoms with Gasteiger partial charge in [0.2, 0.25) is 0 Å². The Kier molecular flexibility index (Phi) is 3.67. The fourth-order valence-corrected chi connectivity index (χ4v) is 1.55. The highest BCUT2D eigenvalue weighted by Gasteiger charge is 2.10. The largest absolute Gasteiger partial charge is 0.489 e. The smallest absolute Gasteiger partial charge is 0.194 e. The Labute approximate surface area is 106 Å². The maximum absolute atomic E-state index is 12.2. The maximum Gasteiger partial charge on any atom is 0.194 e. The van der Waals surface area contributed by atoms with Gasteiger partial charge in [0.25, 0.3) is 0 Å². The molecular formula is C14H14N2O2. The van der Waals surface area contributed by atoms with Crippen molar-refractivity contribution < 1.29 is 9.53 Å². The summed E-state index contributed by atoms with van der Waals surface area (Å²) in [6.45, 7) is 3.86. The van der Waals surface area contributed by atoms with Crippen molar-refractivity contribution in [1.82, 2.24) is 9.97 Å². The van der Waals surface area contributed by atoms with Gasteiger partial charge in [0.15, 0.2) is 5.78 Å². The van der Waals surface area contributed by atoms with Crippen LogP contribution >= 0.6 is 0 Å². The summed E-state index contributed by atoms with van der Waals surface area (Å²) in [7, 11) is 0. The molecule has 0 fully saturated rings. The zero-order chi connectivity index (χ0) is 13.0. The summed E-state index contributed by atoms with van der Waals surface area (Å²) in [4.78, 5) is 20.1. The first-order valence-electron chi connectivity index (χ1n) is 5.73. The number of hydrogen-bond donors (Lipinski definition) is 0. The first-order chi connectivity index (χ1) is 8.66. The molecule has 2 aromatic heterocycles. The molecule has 0 saturated heterocycles. The molecule has 0 spiro atoms. The predicted molar refractivity (Wildman–Crippen MR) is 67.7 cm³/mol. The molecule has 4 nitrogen and oxygen atoms in total. The number of rotatable bonds is 4. The Hall–Kier alpha value is -2.23. The van der Waals surface area contributed by atoms with Crippen molar-refractivity contribution in [3.8, 4) is 5.75 Å². The lowest BCUT2D eigenvalue weighted by molar-refractivity contribution is 0.103. The van der Waals surface area contributed by atoms with Crippen LogP contribution in [0.3, 0.4) is 0 Å². The Bertz CT molecular complexity index is 539. The first kappa shape index (κ1) is 12.2. The van der Waals surface area contributed by atoms with E-state index in [1.165, 1.54) is 6.20 Å². The molecule has 0 N–H and O–H groups in total. The zero-order valence-electron chi connectivity index (χ0n) is 10.3. The normalized spacial score (nSPS) is 10.4. The van der Waals surface area contributed by atoms with Crippen LogP contribution < -0.4 is 4.74 Å². The van der Waals surface area contributed by atoms with E-state index in [4.69, 9.17) is 4.74 Å². The number of pyridine rings is 2. The molecule has 0 bridgehead atoms. The first-order valence-corrected chi connectivity index (χ1v) is 5.73. The van der Waals surface area contributed by atoms with Crippen LogP contribution in [0.2, 0.25) is 0 Å². The molecule has 0 aliphatic carbocycles. The average Bonchev–Trinajstić information content (AvgIpc) is 2.38. The van der Waals surface area contributed by atoms with E-state index in [0.717, 1.165) is 0 Å². The Morgan fingerprint density at radius 2 is 1.83 bits per heavy atom. The van der Waals surface area contributed by atoms with Crippen LogP contribution in [0.15, 0.2) is 43.0 Å². The van der Waals surface area contributed by atoms with Gasteiger partial charge < -0.3 is 4.74 Å². The Morgan fingerprint density at radius 1 is 1.11 bits per heavy atom. The molecule has 4 heteroatoms. The predicted octanol–water partition coefficient (Wildman–Crippen LogP) is 2.49. The second kappa shape index (κ2) is 5.40. The van der Waals surface area contributed by atoms with Gasteiger partial charge in [-0.25, -0.2) is 0 Å². The molecule has 2 aromatic rings. The zero-order valence-corrected chi connectivity index (χ0v) is 10.3. The van der Waals surface area contributed by atoms with Crippen molar-refractivity contribution in [2.75, 3.05) is 0 Å². The van der Waals surface area contributed by atoms with Crippen molar-refractivity contribution in [3.05, 3.63) is 54.1 Å². The van der Waals surface area contributed by atoms with Gasteiger partial charge in [-0.1, -0.05) is 0 Å². The van der Waals surface area contributed by atoms with Crippen LogP contribution in [-0.4, -0.2) is 21.9 Å². The standard InChI is InChI=1S/C14H14N2O2/c1-10(2)18-13-7-12(8-16-9-13)14(17)11-3-5-15-6-4-11/h3-10H,1-2H3. The van der Waals surface area contributed by atoms with Crippen LogP contribution in [-0.2, 0) is 0 Å². The molecule has 2 heterocycles. The molecule has 0 amide bonds. The van der Waals surface area contributed by atoms with E-state index in [2.05, 4.69) is 9.97 Å². The number of ether oxygens (including phenoxy) is 1. The van der Waals surface area contributed by atoms with E-state index in [0.29, 0.717) is 16.9 Å². The highest BCUT2D eigenvalue weighted by atomic mass is 16.5. The lowest BCUT2D eigenvalue weighted by Crippen LogP contribution is -2.07. The molecule has 92 valence electrons. The summed E-state index contributed by atoms with van der Waals surface area (Å²) in [5, 5.41) is 0. The molecule has 0 atom stereocenters. The van der Waals surface area contributed by atoms with Crippen LogP contribution in [0.4, 0.5) is 0 Å². The number of ketones is 1. The lowest BCUT2D eigenvalue weighted by Gasteiger charge is -2.09. The van der Waals surface area contributed by atoms with Crippen molar-refractivity contribution in [1.29, 1.82) is 0 Å². The van der Waals surface area contributed by atoms with Gasteiger partial charge in [-0.05, 0) is 32.0 Å². The van der Waals surface area contributed by atoms with Gasteiger partial charge >= 0.3 is 0 Å². The molecule has 0 unspecified atom stereocenters. The van der Waals surface area contributed by atoms with E-state index >= 15 is 0 Å².